The Kier molecular flexibility index (Phi) is 5.93. The monoisotopic (exact) mass is 401 g/mol. The first-order chi connectivity index (χ1) is 13.3. The quantitative estimate of drug-likeness (QED) is 0.806. The van der Waals surface area contributed by atoms with Gasteiger partial charge in [0.1, 0.15) is 6.04 Å². The number of nitrogens with zero attached hydrogens (tertiary/aromatic N) is 2. The van der Waals surface area contributed by atoms with Crippen LogP contribution in [0, 0.1) is 6.92 Å². The van der Waals surface area contributed by atoms with Gasteiger partial charge in [0.2, 0.25) is 15.9 Å². The Balaban J connectivity index is 1.76. The van der Waals surface area contributed by atoms with E-state index in [1.165, 1.54) is 12.8 Å². The number of amides is 1. The van der Waals surface area contributed by atoms with Crippen molar-refractivity contribution in [2.45, 2.75) is 32.7 Å². The van der Waals surface area contributed by atoms with Crippen LogP contribution in [0.25, 0.3) is 0 Å². The van der Waals surface area contributed by atoms with Crippen LogP contribution < -0.4 is 14.5 Å². The zero-order valence-corrected chi connectivity index (χ0v) is 17.4. The van der Waals surface area contributed by atoms with Crippen molar-refractivity contribution in [1.82, 2.24) is 0 Å². The topological polar surface area (TPSA) is 69.7 Å². The van der Waals surface area contributed by atoms with E-state index in [-0.39, 0.29) is 5.91 Å². The number of hydrogen-bond acceptors (Lipinski definition) is 4. The molecule has 0 unspecified atom stereocenters. The standard InChI is InChI=1S/C21H27N3O3S/c1-16-7-6-8-20(15-16)24(28(3,26)27)17(2)21(25)22-18-9-11-19(12-10-18)23-13-4-5-14-23/h6-12,15,17H,4-5,13-14H2,1-3H3,(H,22,25)/t17-/m1/s1. The number of sulfonamides is 1. The molecule has 0 spiro atoms. The van der Waals surface area contributed by atoms with E-state index in [2.05, 4.69) is 10.2 Å². The molecule has 1 fully saturated rings. The maximum absolute atomic E-state index is 12.8. The fourth-order valence-corrected chi connectivity index (χ4v) is 4.72. The Morgan fingerprint density at radius 2 is 1.75 bits per heavy atom. The van der Waals surface area contributed by atoms with Crippen molar-refractivity contribution in [3.63, 3.8) is 0 Å². The second-order valence-electron chi connectivity index (χ2n) is 7.30. The second kappa shape index (κ2) is 8.22. The molecule has 1 heterocycles. The molecule has 1 amide bonds. The van der Waals surface area contributed by atoms with E-state index in [0.29, 0.717) is 11.4 Å². The van der Waals surface area contributed by atoms with Gasteiger partial charge in [-0.25, -0.2) is 8.42 Å². The SMILES string of the molecule is Cc1cccc(N([C@H](C)C(=O)Nc2ccc(N3CCCC3)cc2)S(C)(=O)=O)c1. The zero-order chi connectivity index (χ0) is 20.3. The predicted octanol–water partition coefficient (Wildman–Crippen LogP) is 3.39. The van der Waals surface area contributed by atoms with Crippen LogP contribution in [0.3, 0.4) is 0 Å². The number of benzene rings is 2. The first-order valence-electron chi connectivity index (χ1n) is 9.47. The van der Waals surface area contributed by atoms with Gasteiger partial charge in [-0.05, 0) is 68.7 Å². The summed E-state index contributed by atoms with van der Waals surface area (Å²) < 4.78 is 25.9. The third kappa shape index (κ3) is 4.65. The largest absolute Gasteiger partial charge is 0.372 e. The van der Waals surface area contributed by atoms with Crippen LogP contribution in [0.2, 0.25) is 0 Å². The Labute approximate surface area is 167 Å². The van der Waals surface area contributed by atoms with E-state index in [9.17, 15) is 13.2 Å². The molecule has 1 N–H and O–H groups in total. The van der Waals surface area contributed by atoms with Gasteiger partial charge in [-0.15, -0.1) is 0 Å². The lowest BCUT2D eigenvalue weighted by molar-refractivity contribution is -0.116. The third-order valence-electron chi connectivity index (χ3n) is 4.95. The fraction of sp³-hybridized carbons (Fsp3) is 0.381. The normalized spacial score (nSPS) is 15.3. The average Bonchev–Trinajstić information content (AvgIpc) is 3.16. The number of aryl methyl sites for hydroxylation is 1. The molecule has 0 aliphatic carbocycles. The molecule has 1 aliphatic heterocycles. The molecular formula is C21H27N3O3S. The lowest BCUT2D eigenvalue weighted by atomic mass is 10.2. The number of carbonyl (C=O) groups excluding carboxylic acids is 1. The van der Waals surface area contributed by atoms with E-state index in [1.54, 1.807) is 25.1 Å². The minimum Gasteiger partial charge on any atom is -0.372 e. The Hall–Kier alpha value is -2.54. The summed E-state index contributed by atoms with van der Waals surface area (Å²) in [6.07, 6.45) is 3.52. The van der Waals surface area contributed by atoms with Crippen molar-refractivity contribution in [2.24, 2.45) is 0 Å². The smallest absolute Gasteiger partial charge is 0.247 e. The Bertz CT molecular complexity index is 936. The lowest BCUT2D eigenvalue weighted by Crippen LogP contribution is -2.45. The highest BCUT2D eigenvalue weighted by Gasteiger charge is 2.29. The van der Waals surface area contributed by atoms with Gasteiger partial charge in [0.05, 0.1) is 11.9 Å². The third-order valence-corrected chi connectivity index (χ3v) is 6.19. The first kappa shape index (κ1) is 20.2. The summed E-state index contributed by atoms with van der Waals surface area (Å²) in [6.45, 7) is 5.60. The molecular weight excluding hydrogens is 374 g/mol. The summed E-state index contributed by atoms with van der Waals surface area (Å²) in [5.41, 5.74) is 3.20. The van der Waals surface area contributed by atoms with Crippen LogP contribution in [0.15, 0.2) is 48.5 Å². The van der Waals surface area contributed by atoms with Crippen LogP contribution in [-0.4, -0.2) is 39.7 Å². The molecule has 2 aromatic carbocycles. The number of anilines is 3. The van der Waals surface area contributed by atoms with Crippen molar-refractivity contribution >= 4 is 33.0 Å². The molecule has 0 radical (unpaired) electrons. The first-order valence-corrected chi connectivity index (χ1v) is 11.3. The molecule has 0 saturated carbocycles. The van der Waals surface area contributed by atoms with Crippen LogP contribution in [-0.2, 0) is 14.8 Å². The zero-order valence-electron chi connectivity index (χ0n) is 16.6. The van der Waals surface area contributed by atoms with Gasteiger partial charge < -0.3 is 10.2 Å². The minimum absolute atomic E-state index is 0.374. The molecule has 6 nitrogen and oxygen atoms in total. The van der Waals surface area contributed by atoms with Crippen LogP contribution >= 0.6 is 0 Å². The van der Waals surface area contributed by atoms with Crippen molar-refractivity contribution in [2.75, 3.05) is 33.9 Å². The van der Waals surface area contributed by atoms with Crippen molar-refractivity contribution in [3.05, 3.63) is 54.1 Å². The van der Waals surface area contributed by atoms with E-state index >= 15 is 0 Å². The van der Waals surface area contributed by atoms with Crippen molar-refractivity contribution in [3.8, 4) is 0 Å². The van der Waals surface area contributed by atoms with Gasteiger partial charge in [-0.3, -0.25) is 9.10 Å². The van der Waals surface area contributed by atoms with Gasteiger partial charge >= 0.3 is 0 Å². The predicted molar refractivity (Wildman–Crippen MR) is 114 cm³/mol. The molecule has 150 valence electrons. The number of hydrogen-bond donors (Lipinski definition) is 1. The molecule has 1 atom stereocenters. The maximum atomic E-state index is 12.8. The van der Waals surface area contributed by atoms with E-state index in [1.807, 2.05) is 37.3 Å². The molecule has 2 aromatic rings. The molecule has 1 aliphatic rings. The van der Waals surface area contributed by atoms with E-state index in [4.69, 9.17) is 0 Å². The van der Waals surface area contributed by atoms with Gasteiger partial charge in [0.25, 0.3) is 0 Å². The lowest BCUT2D eigenvalue weighted by Gasteiger charge is -2.28. The minimum atomic E-state index is -3.62. The summed E-state index contributed by atoms with van der Waals surface area (Å²) in [7, 11) is -3.62. The Morgan fingerprint density at radius 3 is 2.32 bits per heavy atom. The summed E-state index contributed by atoms with van der Waals surface area (Å²) >= 11 is 0. The Morgan fingerprint density at radius 1 is 1.11 bits per heavy atom. The number of rotatable bonds is 6. The van der Waals surface area contributed by atoms with Crippen LogP contribution in [0.4, 0.5) is 17.1 Å². The van der Waals surface area contributed by atoms with E-state index in [0.717, 1.165) is 34.9 Å². The fourth-order valence-electron chi connectivity index (χ4n) is 3.55. The highest BCUT2D eigenvalue weighted by molar-refractivity contribution is 7.92. The molecule has 0 bridgehead atoms. The van der Waals surface area contributed by atoms with E-state index < -0.39 is 16.1 Å². The van der Waals surface area contributed by atoms with Crippen molar-refractivity contribution in [1.29, 1.82) is 0 Å². The van der Waals surface area contributed by atoms with Gasteiger partial charge in [0, 0.05) is 24.5 Å². The second-order valence-corrected chi connectivity index (χ2v) is 9.16. The maximum Gasteiger partial charge on any atom is 0.247 e. The van der Waals surface area contributed by atoms with Crippen molar-refractivity contribution < 1.29 is 13.2 Å². The molecule has 0 aromatic heterocycles. The van der Waals surface area contributed by atoms with Gasteiger partial charge in [0.15, 0.2) is 0 Å². The molecule has 3 rings (SSSR count). The number of carbonyl (C=O) groups is 1. The summed E-state index contributed by atoms with van der Waals surface area (Å²) in [5.74, 6) is -0.374. The highest BCUT2D eigenvalue weighted by Crippen LogP contribution is 2.24. The van der Waals surface area contributed by atoms with Crippen LogP contribution in [0.5, 0.6) is 0 Å². The number of nitrogens with one attached hydrogen (secondary N) is 1. The summed E-state index contributed by atoms with van der Waals surface area (Å²) in [4.78, 5) is 15.1. The van der Waals surface area contributed by atoms with Gasteiger partial charge in [-0.1, -0.05) is 12.1 Å². The summed E-state index contributed by atoms with van der Waals surface area (Å²) in [5, 5.41) is 2.83. The average molecular weight is 402 g/mol. The van der Waals surface area contributed by atoms with Gasteiger partial charge in [-0.2, -0.15) is 0 Å². The molecule has 28 heavy (non-hydrogen) atoms. The molecule has 7 heteroatoms. The van der Waals surface area contributed by atoms with Crippen LogP contribution in [0.1, 0.15) is 25.3 Å². The highest BCUT2D eigenvalue weighted by atomic mass is 32.2. The summed E-state index contributed by atoms with van der Waals surface area (Å²) in [6, 6.07) is 13.9. The molecule has 1 saturated heterocycles.